The molecule has 0 aromatic heterocycles. The van der Waals surface area contributed by atoms with E-state index in [1.807, 2.05) is 12.1 Å². The minimum Gasteiger partial charge on any atom is -0.395 e. The number of hydrogen-bond donors (Lipinski definition) is 2. The van der Waals surface area contributed by atoms with E-state index in [0.29, 0.717) is 0 Å². The van der Waals surface area contributed by atoms with Crippen LogP contribution in [0.1, 0.15) is 31.4 Å². The van der Waals surface area contributed by atoms with Crippen molar-refractivity contribution >= 4 is 0 Å². The molecule has 0 spiro atoms. The summed E-state index contributed by atoms with van der Waals surface area (Å²) in [6, 6.07) is 21.4. The van der Waals surface area contributed by atoms with Gasteiger partial charge in [-0.15, -0.1) is 0 Å². The molecule has 0 radical (unpaired) electrons. The summed E-state index contributed by atoms with van der Waals surface area (Å²) in [5.74, 6) is 0. The van der Waals surface area contributed by atoms with Gasteiger partial charge in [0.25, 0.3) is 0 Å². The van der Waals surface area contributed by atoms with Crippen molar-refractivity contribution in [2.45, 2.75) is 45.4 Å². The minimum atomic E-state index is 0.0809. The van der Waals surface area contributed by atoms with E-state index >= 15 is 0 Å². The van der Waals surface area contributed by atoms with Crippen LogP contribution in [0.25, 0.3) is 0 Å². The average molecular weight is 326 g/mol. The van der Waals surface area contributed by atoms with Crippen molar-refractivity contribution in [1.82, 2.24) is 10.2 Å². The summed E-state index contributed by atoms with van der Waals surface area (Å²) < 4.78 is 0. The van der Waals surface area contributed by atoms with E-state index in [4.69, 9.17) is 0 Å². The molecule has 0 aliphatic heterocycles. The van der Waals surface area contributed by atoms with Crippen molar-refractivity contribution < 1.29 is 5.11 Å². The second-order valence-electron chi connectivity index (χ2n) is 6.36. The lowest BCUT2D eigenvalue weighted by Crippen LogP contribution is -2.50. The molecule has 0 amide bonds. The first kappa shape index (κ1) is 18.7. The molecule has 2 N–H and O–H groups in total. The largest absolute Gasteiger partial charge is 0.395 e. The van der Waals surface area contributed by atoms with E-state index < -0.39 is 0 Å². The fourth-order valence-electron chi connectivity index (χ4n) is 2.95. The van der Waals surface area contributed by atoms with Gasteiger partial charge < -0.3 is 10.4 Å². The molecule has 3 nitrogen and oxygen atoms in total. The SMILES string of the molecule is CCCN[C@@H](CO)[C@H](C)N(Cc1ccccc1)Cc1ccccc1. The minimum absolute atomic E-state index is 0.0809. The molecular formula is C21H30N2O. The van der Waals surface area contributed by atoms with E-state index in [0.717, 1.165) is 26.1 Å². The smallest absolute Gasteiger partial charge is 0.0599 e. The summed E-state index contributed by atoms with van der Waals surface area (Å²) in [6.45, 7) is 7.19. The van der Waals surface area contributed by atoms with Crippen LogP contribution in [-0.2, 0) is 13.1 Å². The van der Waals surface area contributed by atoms with Crippen molar-refractivity contribution in [3.8, 4) is 0 Å². The Labute approximate surface area is 146 Å². The number of hydrogen-bond acceptors (Lipinski definition) is 3. The second-order valence-corrected chi connectivity index (χ2v) is 6.36. The van der Waals surface area contributed by atoms with Crippen molar-refractivity contribution in [3.05, 3.63) is 71.8 Å². The Morgan fingerprint density at radius 3 is 1.83 bits per heavy atom. The van der Waals surface area contributed by atoms with Crippen LogP contribution in [0.15, 0.2) is 60.7 Å². The molecule has 0 aliphatic rings. The first-order valence-corrected chi connectivity index (χ1v) is 8.90. The molecule has 2 aromatic rings. The Morgan fingerprint density at radius 1 is 0.917 bits per heavy atom. The van der Waals surface area contributed by atoms with Crippen LogP contribution in [0.2, 0.25) is 0 Å². The Kier molecular flexibility index (Phi) is 7.96. The van der Waals surface area contributed by atoms with E-state index in [-0.39, 0.29) is 18.7 Å². The first-order chi connectivity index (χ1) is 11.7. The standard InChI is InChI=1S/C21H30N2O/c1-3-14-22-21(17-24)18(2)23(15-19-10-6-4-7-11-19)16-20-12-8-5-9-13-20/h4-13,18,21-22,24H,3,14-17H2,1-2H3/t18-,21-/m0/s1. The van der Waals surface area contributed by atoms with Gasteiger partial charge in [0.05, 0.1) is 6.61 Å². The molecule has 24 heavy (non-hydrogen) atoms. The Hall–Kier alpha value is -1.68. The summed E-state index contributed by atoms with van der Waals surface area (Å²) in [5, 5.41) is 13.3. The molecular weight excluding hydrogens is 296 g/mol. The third-order valence-corrected chi connectivity index (χ3v) is 4.47. The molecule has 0 heterocycles. The number of aliphatic hydroxyl groups excluding tert-OH is 1. The Balaban J connectivity index is 2.14. The predicted octanol–water partition coefficient (Wildman–Crippen LogP) is 3.44. The van der Waals surface area contributed by atoms with Crippen LogP contribution in [0.5, 0.6) is 0 Å². The van der Waals surface area contributed by atoms with Gasteiger partial charge in [0.15, 0.2) is 0 Å². The normalized spacial score (nSPS) is 13.8. The predicted molar refractivity (Wildman–Crippen MR) is 101 cm³/mol. The number of nitrogens with zero attached hydrogens (tertiary/aromatic N) is 1. The maximum absolute atomic E-state index is 9.81. The van der Waals surface area contributed by atoms with Crippen molar-refractivity contribution in [3.63, 3.8) is 0 Å². The summed E-state index contributed by atoms with van der Waals surface area (Å²) in [4.78, 5) is 2.44. The molecule has 0 bridgehead atoms. The third kappa shape index (κ3) is 5.75. The van der Waals surface area contributed by atoms with Crippen molar-refractivity contribution in [1.29, 1.82) is 0 Å². The maximum atomic E-state index is 9.81. The van der Waals surface area contributed by atoms with Crippen molar-refractivity contribution in [2.75, 3.05) is 13.2 Å². The van der Waals surface area contributed by atoms with Crippen LogP contribution in [0.4, 0.5) is 0 Å². The van der Waals surface area contributed by atoms with Crippen molar-refractivity contribution in [2.24, 2.45) is 0 Å². The van der Waals surface area contributed by atoms with Gasteiger partial charge in [0.1, 0.15) is 0 Å². The topological polar surface area (TPSA) is 35.5 Å². The van der Waals surface area contributed by atoms with Gasteiger partial charge in [-0.25, -0.2) is 0 Å². The zero-order valence-electron chi connectivity index (χ0n) is 14.9. The molecule has 0 fully saturated rings. The van der Waals surface area contributed by atoms with Crippen LogP contribution >= 0.6 is 0 Å². The lowest BCUT2D eigenvalue weighted by atomic mass is 10.1. The fraction of sp³-hybridized carbons (Fsp3) is 0.429. The Morgan fingerprint density at radius 2 is 1.42 bits per heavy atom. The molecule has 2 rings (SSSR count). The zero-order valence-corrected chi connectivity index (χ0v) is 14.9. The van der Waals surface area contributed by atoms with Gasteiger partial charge in [0.2, 0.25) is 0 Å². The number of rotatable bonds is 10. The lowest BCUT2D eigenvalue weighted by molar-refractivity contribution is 0.115. The van der Waals surface area contributed by atoms with E-state index in [2.05, 4.69) is 72.6 Å². The number of nitrogens with one attached hydrogen (secondary N) is 1. The highest BCUT2D eigenvalue weighted by Crippen LogP contribution is 2.15. The highest BCUT2D eigenvalue weighted by Gasteiger charge is 2.23. The van der Waals surface area contributed by atoms with E-state index in [1.54, 1.807) is 0 Å². The van der Waals surface area contributed by atoms with Crippen LogP contribution in [0.3, 0.4) is 0 Å². The van der Waals surface area contributed by atoms with Gasteiger partial charge in [-0.3, -0.25) is 4.90 Å². The summed E-state index contributed by atoms with van der Waals surface area (Å²) in [5.41, 5.74) is 2.60. The Bertz CT molecular complexity index is 517. The number of benzene rings is 2. The highest BCUT2D eigenvalue weighted by molar-refractivity contribution is 5.17. The third-order valence-electron chi connectivity index (χ3n) is 4.47. The first-order valence-electron chi connectivity index (χ1n) is 8.90. The number of aliphatic hydroxyl groups is 1. The highest BCUT2D eigenvalue weighted by atomic mass is 16.3. The molecule has 2 aromatic carbocycles. The quantitative estimate of drug-likeness (QED) is 0.702. The maximum Gasteiger partial charge on any atom is 0.0599 e. The molecule has 0 unspecified atom stereocenters. The van der Waals surface area contributed by atoms with Crippen LogP contribution in [-0.4, -0.2) is 35.2 Å². The lowest BCUT2D eigenvalue weighted by Gasteiger charge is -2.35. The molecule has 130 valence electrons. The molecule has 0 aliphatic carbocycles. The van der Waals surface area contributed by atoms with Gasteiger partial charge in [-0.05, 0) is 31.0 Å². The summed E-state index contributed by atoms with van der Waals surface area (Å²) in [7, 11) is 0. The zero-order chi connectivity index (χ0) is 17.2. The summed E-state index contributed by atoms with van der Waals surface area (Å²) >= 11 is 0. The van der Waals surface area contributed by atoms with Crippen LogP contribution < -0.4 is 5.32 Å². The molecule has 0 saturated heterocycles. The monoisotopic (exact) mass is 326 g/mol. The van der Waals surface area contributed by atoms with Crippen LogP contribution in [0, 0.1) is 0 Å². The van der Waals surface area contributed by atoms with Gasteiger partial charge >= 0.3 is 0 Å². The second kappa shape index (κ2) is 10.2. The van der Waals surface area contributed by atoms with Gasteiger partial charge in [0, 0.05) is 25.2 Å². The average Bonchev–Trinajstić information content (AvgIpc) is 2.63. The van der Waals surface area contributed by atoms with Gasteiger partial charge in [-0.1, -0.05) is 67.6 Å². The molecule has 2 atom stereocenters. The molecule has 0 saturated carbocycles. The fourth-order valence-corrected chi connectivity index (χ4v) is 2.95. The van der Waals surface area contributed by atoms with Gasteiger partial charge in [-0.2, -0.15) is 0 Å². The summed E-state index contributed by atoms with van der Waals surface area (Å²) in [6.07, 6.45) is 1.07. The van der Waals surface area contributed by atoms with E-state index in [9.17, 15) is 5.11 Å². The van der Waals surface area contributed by atoms with E-state index in [1.165, 1.54) is 11.1 Å². The molecule has 3 heteroatoms.